The van der Waals surface area contributed by atoms with Gasteiger partial charge in [0.25, 0.3) is 0 Å². The van der Waals surface area contributed by atoms with E-state index in [0.717, 1.165) is 61.5 Å². The second-order valence-electron chi connectivity index (χ2n) is 7.81. The molecule has 0 saturated carbocycles. The molecular formula is C24H30N2O3. The Morgan fingerprint density at radius 2 is 1.90 bits per heavy atom. The highest BCUT2D eigenvalue weighted by Crippen LogP contribution is 2.29. The summed E-state index contributed by atoms with van der Waals surface area (Å²) in [4.78, 5) is 4.89. The zero-order valence-corrected chi connectivity index (χ0v) is 17.1. The fraction of sp³-hybridized carbons (Fsp3) is 0.458. The first-order valence-electron chi connectivity index (χ1n) is 10.7. The highest BCUT2D eigenvalue weighted by molar-refractivity contribution is 5.76. The summed E-state index contributed by atoms with van der Waals surface area (Å²) < 4.78 is 13.5. The number of aromatic nitrogens is 2. The topological polar surface area (TPSA) is 56.5 Å². The second kappa shape index (κ2) is 9.42. The summed E-state index contributed by atoms with van der Waals surface area (Å²) in [6.45, 7) is 4.45. The lowest BCUT2D eigenvalue weighted by Gasteiger charge is -2.23. The smallest absolute Gasteiger partial charge is 0.119 e. The lowest BCUT2D eigenvalue weighted by atomic mass is 9.99. The van der Waals surface area contributed by atoms with Crippen LogP contribution in [0.1, 0.15) is 43.5 Å². The highest BCUT2D eigenvalue weighted by Gasteiger charge is 2.24. The van der Waals surface area contributed by atoms with E-state index in [4.69, 9.17) is 14.5 Å². The average Bonchev–Trinajstić information content (AvgIpc) is 3.12. The van der Waals surface area contributed by atoms with Crippen molar-refractivity contribution >= 4 is 11.0 Å². The minimum Gasteiger partial charge on any atom is -0.491 e. The molecule has 0 amide bonds. The van der Waals surface area contributed by atoms with Crippen LogP contribution < -0.4 is 4.74 Å². The molecule has 1 N–H and O–H groups in total. The molecule has 1 aliphatic rings. The third-order valence-corrected chi connectivity index (χ3v) is 5.57. The summed E-state index contributed by atoms with van der Waals surface area (Å²) in [5.74, 6) is 2.22. The lowest BCUT2D eigenvalue weighted by Crippen LogP contribution is -2.26. The van der Waals surface area contributed by atoms with Gasteiger partial charge >= 0.3 is 0 Å². The number of fused-ring (bicyclic) bond motifs is 1. The fourth-order valence-corrected chi connectivity index (χ4v) is 4.05. The van der Waals surface area contributed by atoms with Crippen molar-refractivity contribution < 1.29 is 14.6 Å². The molecule has 1 fully saturated rings. The van der Waals surface area contributed by atoms with Crippen molar-refractivity contribution in [3.63, 3.8) is 0 Å². The molecule has 1 atom stereocenters. The Morgan fingerprint density at radius 3 is 2.66 bits per heavy atom. The molecule has 5 nitrogen and oxygen atoms in total. The van der Waals surface area contributed by atoms with Gasteiger partial charge in [0.1, 0.15) is 24.3 Å². The Bertz CT molecular complexity index is 914. The molecule has 1 saturated heterocycles. The van der Waals surface area contributed by atoms with Crippen molar-refractivity contribution in [2.24, 2.45) is 0 Å². The molecule has 3 aromatic rings. The van der Waals surface area contributed by atoms with Gasteiger partial charge in [-0.05, 0) is 49.1 Å². The lowest BCUT2D eigenvalue weighted by molar-refractivity contribution is 0.0780. The number of imidazole rings is 1. The van der Waals surface area contributed by atoms with Crippen LogP contribution in [-0.2, 0) is 17.7 Å². The van der Waals surface area contributed by atoms with E-state index in [9.17, 15) is 5.11 Å². The molecule has 0 aliphatic carbocycles. The maximum atomic E-state index is 10.7. The van der Waals surface area contributed by atoms with Gasteiger partial charge in [-0.25, -0.2) is 4.98 Å². The number of nitrogens with zero attached hydrogens (tertiary/aromatic N) is 2. The average molecular weight is 395 g/mol. The first kappa shape index (κ1) is 19.9. The third kappa shape index (κ3) is 4.80. The van der Waals surface area contributed by atoms with E-state index in [0.29, 0.717) is 12.5 Å². The number of aliphatic hydroxyl groups is 1. The number of rotatable bonds is 8. The number of hydrogen-bond acceptors (Lipinski definition) is 4. The number of hydrogen-bond donors (Lipinski definition) is 1. The largest absolute Gasteiger partial charge is 0.491 e. The molecule has 1 unspecified atom stereocenters. The van der Waals surface area contributed by atoms with Gasteiger partial charge in [0, 0.05) is 19.1 Å². The number of aryl methyl sites for hydroxylation is 1. The maximum absolute atomic E-state index is 10.7. The van der Waals surface area contributed by atoms with Gasteiger partial charge in [0.05, 0.1) is 17.6 Å². The highest BCUT2D eigenvalue weighted by atomic mass is 16.5. The van der Waals surface area contributed by atoms with Crippen molar-refractivity contribution in [2.75, 3.05) is 19.8 Å². The van der Waals surface area contributed by atoms with E-state index in [1.165, 1.54) is 5.56 Å². The van der Waals surface area contributed by atoms with Crippen molar-refractivity contribution in [1.29, 1.82) is 0 Å². The van der Waals surface area contributed by atoms with Crippen LogP contribution in [0.15, 0.2) is 48.5 Å². The first-order chi connectivity index (χ1) is 14.2. The van der Waals surface area contributed by atoms with Crippen LogP contribution in [0.3, 0.4) is 0 Å². The monoisotopic (exact) mass is 394 g/mol. The molecule has 154 valence electrons. The second-order valence-corrected chi connectivity index (χ2v) is 7.81. The van der Waals surface area contributed by atoms with Crippen LogP contribution in [-0.4, -0.2) is 40.6 Å². The van der Waals surface area contributed by atoms with Crippen molar-refractivity contribution in [3.05, 3.63) is 59.9 Å². The van der Waals surface area contributed by atoms with Crippen molar-refractivity contribution in [3.8, 4) is 5.75 Å². The van der Waals surface area contributed by atoms with Gasteiger partial charge in [0.2, 0.25) is 0 Å². The molecule has 0 bridgehead atoms. The zero-order chi connectivity index (χ0) is 20.1. The summed E-state index contributed by atoms with van der Waals surface area (Å²) in [5.41, 5.74) is 3.36. The Morgan fingerprint density at radius 1 is 1.14 bits per heavy atom. The number of para-hydroxylation sites is 2. The van der Waals surface area contributed by atoms with E-state index in [2.05, 4.69) is 29.7 Å². The van der Waals surface area contributed by atoms with E-state index in [1.807, 2.05) is 30.3 Å². The molecule has 1 aromatic heterocycles. The van der Waals surface area contributed by atoms with Crippen LogP contribution >= 0.6 is 0 Å². The van der Waals surface area contributed by atoms with Crippen LogP contribution in [0.2, 0.25) is 0 Å². The van der Waals surface area contributed by atoms with Gasteiger partial charge in [-0.3, -0.25) is 0 Å². The number of aliphatic hydroxyl groups excluding tert-OH is 1. The van der Waals surface area contributed by atoms with E-state index < -0.39 is 6.10 Å². The van der Waals surface area contributed by atoms with E-state index in [1.54, 1.807) is 0 Å². The predicted octanol–water partition coefficient (Wildman–Crippen LogP) is 4.32. The molecule has 1 aliphatic heterocycles. The zero-order valence-electron chi connectivity index (χ0n) is 17.1. The third-order valence-electron chi connectivity index (χ3n) is 5.57. The SMILES string of the molecule is CCCc1ccc(OCC(O)Cn2c(C3CCOCC3)nc3ccccc32)cc1. The van der Waals surface area contributed by atoms with E-state index in [-0.39, 0.29) is 6.61 Å². The van der Waals surface area contributed by atoms with Crippen LogP contribution in [0.5, 0.6) is 5.75 Å². The minimum absolute atomic E-state index is 0.257. The summed E-state index contributed by atoms with van der Waals surface area (Å²) in [7, 11) is 0. The molecular weight excluding hydrogens is 364 g/mol. The molecule has 5 heteroatoms. The normalized spacial score (nSPS) is 16.2. The summed E-state index contributed by atoms with van der Waals surface area (Å²) >= 11 is 0. The van der Waals surface area contributed by atoms with Crippen LogP contribution in [0.4, 0.5) is 0 Å². The standard InChI is InChI=1S/C24H30N2O3/c1-2-5-18-8-10-21(11-9-18)29-17-20(27)16-26-23-7-4-3-6-22(23)25-24(26)19-12-14-28-15-13-19/h3-4,6-11,19-20,27H,2,5,12-17H2,1H3. The molecule has 2 heterocycles. The summed E-state index contributed by atoms with van der Waals surface area (Å²) in [6, 6.07) is 16.3. The number of ether oxygens (including phenoxy) is 2. The molecule has 4 rings (SSSR count). The van der Waals surface area contributed by atoms with Crippen molar-refractivity contribution in [2.45, 2.75) is 51.2 Å². The quantitative estimate of drug-likeness (QED) is 0.618. The van der Waals surface area contributed by atoms with Gasteiger partial charge in [-0.2, -0.15) is 0 Å². The molecule has 2 aromatic carbocycles. The summed E-state index contributed by atoms with van der Waals surface area (Å²) in [5, 5.41) is 10.7. The molecule has 0 radical (unpaired) electrons. The Kier molecular flexibility index (Phi) is 6.47. The number of benzene rings is 2. The van der Waals surface area contributed by atoms with Crippen LogP contribution in [0.25, 0.3) is 11.0 Å². The van der Waals surface area contributed by atoms with Gasteiger partial charge in [-0.1, -0.05) is 37.6 Å². The summed E-state index contributed by atoms with van der Waals surface area (Å²) in [6.07, 6.45) is 3.54. The maximum Gasteiger partial charge on any atom is 0.119 e. The minimum atomic E-state index is -0.610. The van der Waals surface area contributed by atoms with Gasteiger partial charge in [-0.15, -0.1) is 0 Å². The van der Waals surface area contributed by atoms with Crippen molar-refractivity contribution in [1.82, 2.24) is 9.55 Å². The molecule has 29 heavy (non-hydrogen) atoms. The first-order valence-corrected chi connectivity index (χ1v) is 10.7. The Balaban J connectivity index is 1.46. The predicted molar refractivity (Wildman–Crippen MR) is 114 cm³/mol. The fourth-order valence-electron chi connectivity index (χ4n) is 4.05. The van der Waals surface area contributed by atoms with Crippen LogP contribution in [0, 0.1) is 0 Å². The van der Waals surface area contributed by atoms with Gasteiger partial charge < -0.3 is 19.1 Å². The molecule has 0 spiro atoms. The Hall–Kier alpha value is -2.37. The van der Waals surface area contributed by atoms with Gasteiger partial charge in [0.15, 0.2) is 0 Å². The Labute approximate surface area is 172 Å². The van der Waals surface area contributed by atoms with E-state index >= 15 is 0 Å².